The van der Waals surface area contributed by atoms with Crippen LogP contribution in [0.1, 0.15) is 40.0 Å². The van der Waals surface area contributed by atoms with Crippen LogP contribution in [0.15, 0.2) is 0 Å². The maximum Gasteiger partial charge on any atom is 0.407 e. The quantitative estimate of drug-likeness (QED) is 0.750. The molecule has 0 heterocycles. The SMILES string of the molecule is CC(C)(C)OC(=O)NCC1(CN)CCC1. The zero-order chi connectivity index (χ0) is 11.5. The number of nitrogens with two attached hydrogens (primary N) is 1. The molecule has 1 aliphatic rings. The van der Waals surface area contributed by atoms with E-state index in [9.17, 15) is 4.79 Å². The lowest BCUT2D eigenvalue weighted by Gasteiger charge is -2.41. The van der Waals surface area contributed by atoms with Crippen LogP contribution in [0.4, 0.5) is 4.79 Å². The van der Waals surface area contributed by atoms with Gasteiger partial charge >= 0.3 is 6.09 Å². The van der Waals surface area contributed by atoms with Gasteiger partial charge in [0.15, 0.2) is 0 Å². The summed E-state index contributed by atoms with van der Waals surface area (Å²) in [5.41, 5.74) is 5.39. The molecule has 1 fully saturated rings. The average Bonchev–Trinajstić information content (AvgIpc) is 1.99. The van der Waals surface area contributed by atoms with Crippen molar-refractivity contribution in [3.8, 4) is 0 Å². The van der Waals surface area contributed by atoms with Crippen molar-refractivity contribution >= 4 is 6.09 Å². The van der Waals surface area contributed by atoms with Crippen LogP contribution in [0.2, 0.25) is 0 Å². The Labute approximate surface area is 91.5 Å². The van der Waals surface area contributed by atoms with E-state index < -0.39 is 5.60 Å². The summed E-state index contributed by atoms with van der Waals surface area (Å²) in [4.78, 5) is 11.4. The van der Waals surface area contributed by atoms with Gasteiger partial charge in [0.05, 0.1) is 0 Å². The average molecular weight is 214 g/mol. The Balaban J connectivity index is 2.27. The first-order valence-corrected chi connectivity index (χ1v) is 5.54. The molecule has 0 aromatic rings. The molecule has 1 rings (SSSR count). The van der Waals surface area contributed by atoms with Crippen molar-refractivity contribution in [3.63, 3.8) is 0 Å². The number of carbonyl (C=O) groups excluding carboxylic acids is 1. The van der Waals surface area contributed by atoms with Gasteiger partial charge in [0.1, 0.15) is 5.60 Å². The molecule has 0 aromatic carbocycles. The van der Waals surface area contributed by atoms with Gasteiger partial charge in [-0.05, 0) is 40.2 Å². The van der Waals surface area contributed by atoms with Gasteiger partial charge in [0.25, 0.3) is 0 Å². The van der Waals surface area contributed by atoms with E-state index in [4.69, 9.17) is 10.5 Å². The number of ether oxygens (including phenoxy) is 1. The number of amides is 1. The summed E-state index contributed by atoms with van der Waals surface area (Å²) in [6.07, 6.45) is 3.09. The standard InChI is InChI=1S/C11H22N2O2/c1-10(2,3)15-9(14)13-8-11(7-12)5-4-6-11/h4-8,12H2,1-3H3,(H,13,14). The lowest BCUT2D eigenvalue weighted by atomic mass is 9.69. The second kappa shape index (κ2) is 4.39. The summed E-state index contributed by atoms with van der Waals surface area (Å²) in [5, 5.41) is 2.79. The molecule has 15 heavy (non-hydrogen) atoms. The third kappa shape index (κ3) is 3.70. The Hall–Kier alpha value is -0.770. The maximum atomic E-state index is 11.4. The van der Waals surface area contributed by atoms with Gasteiger partial charge in [-0.2, -0.15) is 0 Å². The van der Waals surface area contributed by atoms with E-state index in [2.05, 4.69) is 5.32 Å². The highest BCUT2D eigenvalue weighted by Gasteiger charge is 2.36. The molecular weight excluding hydrogens is 192 g/mol. The zero-order valence-corrected chi connectivity index (χ0v) is 9.93. The van der Waals surface area contributed by atoms with Crippen LogP contribution in [-0.4, -0.2) is 24.8 Å². The minimum absolute atomic E-state index is 0.136. The van der Waals surface area contributed by atoms with E-state index >= 15 is 0 Å². The molecule has 1 aliphatic carbocycles. The molecule has 0 aliphatic heterocycles. The van der Waals surface area contributed by atoms with Gasteiger partial charge in [-0.1, -0.05) is 6.42 Å². The number of nitrogens with one attached hydrogen (secondary N) is 1. The van der Waals surface area contributed by atoms with Crippen molar-refractivity contribution in [3.05, 3.63) is 0 Å². The van der Waals surface area contributed by atoms with Crippen LogP contribution in [-0.2, 0) is 4.74 Å². The van der Waals surface area contributed by atoms with Crippen LogP contribution in [0.3, 0.4) is 0 Å². The molecular formula is C11H22N2O2. The largest absolute Gasteiger partial charge is 0.444 e. The van der Waals surface area contributed by atoms with Crippen LogP contribution >= 0.6 is 0 Å². The van der Waals surface area contributed by atoms with Crippen LogP contribution in [0.5, 0.6) is 0 Å². The van der Waals surface area contributed by atoms with Crippen molar-refractivity contribution in [2.45, 2.75) is 45.6 Å². The summed E-state index contributed by atoms with van der Waals surface area (Å²) in [7, 11) is 0. The van der Waals surface area contributed by atoms with Gasteiger partial charge in [-0.25, -0.2) is 4.79 Å². The summed E-state index contributed by atoms with van der Waals surface area (Å²) in [6.45, 7) is 6.85. The highest BCUT2D eigenvalue weighted by molar-refractivity contribution is 5.67. The molecule has 0 saturated heterocycles. The van der Waals surface area contributed by atoms with E-state index in [0.29, 0.717) is 13.1 Å². The summed E-state index contributed by atoms with van der Waals surface area (Å²) in [5.74, 6) is 0. The first kappa shape index (κ1) is 12.3. The van der Waals surface area contributed by atoms with Crippen molar-refractivity contribution in [1.82, 2.24) is 5.32 Å². The van der Waals surface area contributed by atoms with Gasteiger partial charge in [0.2, 0.25) is 0 Å². The van der Waals surface area contributed by atoms with Gasteiger partial charge in [-0.15, -0.1) is 0 Å². The molecule has 0 aromatic heterocycles. The lowest BCUT2D eigenvalue weighted by Crippen LogP contribution is -2.47. The first-order chi connectivity index (χ1) is 6.87. The van der Waals surface area contributed by atoms with Crippen molar-refractivity contribution in [2.75, 3.05) is 13.1 Å². The van der Waals surface area contributed by atoms with E-state index in [0.717, 1.165) is 12.8 Å². The fourth-order valence-corrected chi connectivity index (χ4v) is 1.70. The van der Waals surface area contributed by atoms with Crippen molar-refractivity contribution < 1.29 is 9.53 Å². The van der Waals surface area contributed by atoms with Crippen LogP contribution in [0.25, 0.3) is 0 Å². The number of rotatable bonds is 3. The summed E-state index contributed by atoms with van der Waals surface area (Å²) in [6, 6.07) is 0. The molecule has 1 amide bonds. The normalized spacial score (nSPS) is 19.2. The molecule has 0 spiro atoms. The fraction of sp³-hybridized carbons (Fsp3) is 0.909. The monoisotopic (exact) mass is 214 g/mol. The highest BCUT2D eigenvalue weighted by Crippen LogP contribution is 2.39. The Bertz CT molecular complexity index is 224. The van der Waals surface area contributed by atoms with Gasteiger partial charge < -0.3 is 15.8 Å². The van der Waals surface area contributed by atoms with Crippen LogP contribution in [0, 0.1) is 5.41 Å². The van der Waals surface area contributed by atoms with Crippen molar-refractivity contribution in [1.29, 1.82) is 0 Å². The zero-order valence-electron chi connectivity index (χ0n) is 9.93. The Morgan fingerprint density at radius 2 is 2.07 bits per heavy atom. The summed E-state index contributed by atoms with van der Waals surface area (Å²) < 4.78 is 5.16. The number of carbonyl (C=O) groups is 1. The molecule has 3 N–H and O–H groups in total. The van der Waals surface area contributed by atoms with Crippen LogP contribution < -0.4 is 11.1 Å². The van der Waals surface area contributed by atoms with Crippen molar-refractivity contribution in [2.24, 2.45) is 11.1 Å². The van der Waals surface area contributed by atoms with E-state index in [1.807, 2.05) is 20.8 Å². The van der Waals surface area contributed by atoms with Gasteiger partial charge in [-0.3, -0.25) is 0 Å². The predicted octanol–water partition coefficient (Wildman–Crippen LogP) is 1.64. The summed E-state index contributed by atoms with van der Waals surface area (Å²) >= 11 is 0. The molecule has 4 heteroatoms. The third-order valence-electron chi connectivity index (χ3n) is 2.85. The number of alkyl carbamates (subject to hydrolysis) is 1. The molecule has 88 valence electrons. The van der Waals surface area contributed by atoms with E-state index in [1.54, 1.807) is 0 Å². The highest BCUT2D eigenvalue weighted by atomic mass is 16.6. The second-order valence-corrected chi connectivity index (χ2v) is 5.41. The third-order valence-corrected chi connectivity index (χ3v) is 2.85. The van der Waals surface area contributed by atoms with Gasteiger partial charge in [0, 0.05) is 12.0 Å². The van der Waals surface area contributed by atoms with E-state index in [-0.39, 0.29) is 11.5 Å². The first-order valence-electron chi connectivity index (χ1n) is 5.54. The second-order valence-electron chi connectivity index (χ2n) is 5.41. The Morgan fingerprint density at radius 3 is 2.40 bits per heavy atom. The molecule has 1 saturated carbocycles. The minimum Gasteiger partial charge on any atom is -0.444 e. The molecule has 0 bridgehead atoms. The Kier molecular flexibility index (Phi) is 3.60. The number of hydrogen-bond donors (Lipinski definition) is 2. The predicted molar refractivity (Wildman–Crippen MR) is 59.6 cm³/mol. The molecule has 0 atom stereocenters. The lowest BCUT2D eigenvalue weighted by molar-refractivity contribution is 0.0461. The minimum atomic E-state index is -0.431. The molecule has 4 nitrogen and oxygen atoms in total. The maximum absolute atomic E-state index is 11.4. The molecule has 0 unspecified atom stereocenters. The fourth-order valence-electron chi connectivity index (χ4n) is 1.70. The smallest absolute Gasteiger partial charge is 0.407 e. The van der Waals surface area contributed by atoms with E-state index in [1.165, 1.54) is 6.42 Å². The topological polar surface area (TPSA) is 64.3 Å². The number of hydrogen-bond acceptors (Lipinski definition) is 3. The Morgan fingerprint density at radius 1 is 1.47 bits per heavy atom. The molecule has 0 radical (unpaired) electrons.